The number of aromatic nitrogens is 1. The lowest BCUT2D eigenvalue weighted by Crippen LogP contribution is -2.29. The van der Waals surface area contributed by atoms with E-state index in [2.05, 4.69) is 0 Å². The molecule has 0 atom stereocenters. The third kappa shape index (κ3) is 1.57. The van der Waals surface area contributed by atoms with Crippen LogP contribution in [-0.2, 0) is 22.3 Å². The van der Waals surface area contributed by atoms with Crippen LogP contribution >= 0.6 is 0 Å². The van der Waals surface area contributed by atoms with Crippen LogP contribution in [0.15, 0.2) is 24.5 Å². The van der Waals surface area contributed by atoms with Crippen LogP contribution in [0, 0.1) is 0 Å². The average Bonchev–Trinajstić information content (AvgIpc) is 2.54. The summed E-state index contributed by atoms with van der Waals surface area (Å²) in [6.07, 6.45) is 3.98. The van der Waals surface area contributed by atoms with Crippen LogP contribution in [0.4, 0.5) is 0 Å². The smallest absolute Gasteiger partial charge is 0.192 e. The van der Waals surface area contributed by atoms with Crippen molar-refractivity contribution in [3.63, 3.8) is 0 Å². The van der Waals surface area contributed by atoms with Gasteiger partial charge in [-0.2, -0.15) is 0 Å². The topological polar surface area (TPSA) is 22.3 Å². The number of pyridine rings is 1. The van der Waals surface area contributed by atoms with Crippen molar-refractivity contribution in [2.24, 2.45) is 7.05 Å². The molecule has 0 aliphatic carbocycles. The Hall–Kier alpha value is -0.930. The van der Waals surface area contributed by atoms with Gasteiger partial charge in [0.2, 0.25) is 0 Å². The van der Waals surface area contributed by atoms with Gasteiger partial charge in [-0.15, -0.1) is 0 Å². The molecule has 2 rings (SSSR count). The molecule has 0 aromatic carbocycles. The summed E-state index contributed by atoms with van der Waals surface area (Å²) in [6.45, 7) is 3.31. The van der Waals surface area contributed by atoms with E-state index >= 15 is 0 Å². The maximum Gasteiger partial charge on any atom is 0.192 e. The van der Waals surface area contributed by atoms with Crippen molar-refractivity contribution in [3.8, 4) is 0 Å². The lowest BCUT2D eigenvalue weighted by atomic mass is 10.1. The summed E-state index contributed by atoms with van der Waals surface area (Å²) < 4.78 is 13.1. The highest BCUT2D eigenvalue weighted by Gasteiger charge is 2.33. The molecule has 0 radical (unpaired) electrons. The standard InChI is InChI=1S/C10H14NO2/c1-10(12-7-8-13-10)9-3-5-11(2)6-4-9/h3-6H,7-8H2,1-2H3/q+1. The average molecular weight is 180 g/mol. The van der Waals surface area contributed by atoms with Crippen LogP contribution in [0.3, 0.4) is 0 Å². The first-order valence-electron chi connectivity index (χ1n) is 4.44. The van der Waals surface area contributed by atoms with Gasteiger partial charge in [-0.05, 0) is 6.92 Å². The highest BCUT2D eigenvalue weighted by Crippen LogP contribution is 2.29. The molecule has 1 aromatic rings. The molecular weight excluding hydrogens is 166 g/mol. The minimum atomic E-state index is -0.533. The van der Waals surface area contributed by atoms with Gasteiger partial charge in [-0.3, -0.25) is 0 Å². The summed E-state index contributed by atoms with van der Waals surface area (Å²) in [7, 11) is 1.99. The number of rotatable bonds is 1. The number of ether oxygens (including phenoxy) is 2. The predicted molar refractivity (Wildman–Crippen MR) is 46.9 cm³/mol. The Labute approximate surface area is 77.9 Å². The molecule has 0 N–H and O–H groups in total. The zero-order chi connectivity index (χ0) is 9.31. The van der Waals surface area contributed by atoms with E-state index in [0.29, 0.717) is 13.2 Å². The molecule has 1 saturated heterocycles. The SMILES string of the molecule is C[n+]1ccc(C2(C)OCCO2)cc1. The van der Waals surface area contributed by atoms with Crippen molar-refractivity contribution in [2.75, 3.05) is 13.2 Å². The van der Waals surface area contributed by atoms with Gasteiger partial charge in [-0.1, -0.05) is 0 Å². The molecule has 1 fully saturated rings. The minimum absolute atomic E-state index is 0.533. The molecule has 0 amide bonds. The zero-order valence-electron chi connectivity index (χ0n) is 7.99. The molecule has 1 aliphatic rings. The Balaban J connectivity index is 2.29. The van der Waals surface area contributed by atoms with Crippen molar-refractivity contribution in [1.29, 1.82) is 0 Å². The maximum atomic E-state index is 5.53. The quantitative estimate of drug-likeness (QED) is 0.594. The second kappa shape index (κ2) is 3.09. The first-order valence-corrected chi connectivity index (χ1v) is 4.44. The summed E-state index contributed by atoms with van der Waals surface area (Å²) in [5.74, 6) is -0.533. The van der Waals surface area contributed by atoms with E-state index in [1.54, 1.807) is 0 Å². The largest absolute Gasteiger partial charge is 0.344 e. The Morgan fingerprint density at radius 1 is 1.23 bits per heavy atom. The molecule has 0 bridgehead atoms. The second-order valence-corrected chi connectivity index (χ2v) is 3.39. The van der Waals surface area contributed by atoms with Gasteiger partial charge in [0.15, 0.2) is 18.2 Å². The van der Waals surface area contributed by atoms with E-state index in [1.807, 2.05) is 43.1 Å². The van der Waals surface area contributed by atoms with E-state index in [-0.39, 0.29) is 0 Å². The number of aryl methyl sites for hydroxylation is 1. The Morgan fingerprint density at radius 3 is 2.31 bits per heavy atom. The van der Waals surface area contributed by atoms with Gasteiger partial charge < -0.3 is 9.47 Å². The lowest BCUT2D eigenvalue weighted by Gasteiger charge is -2.21. The van der Waals surface area contributed by atoms with Gasteiger partial charge in [-0.25, -0.2) is 4.57 Å². The van der Waals surface area contributed by atoms with Gasteiger partial charge >= 0.3 is 0 Å². The molecule has 2 heterocycles. The summed E-state index contributed by atoms with van der Waals surface area (Å²) in [5.41, 5.74) is 1.07. The molecule has 1 aromatic heterocycles. The first kappa shape index (κ1) is 8.66. The van der Waals surface area contributed by atoms with Crippen LogP contribution in [-0.4, -0.2) is 13.2 Å². The fourth-order valence-electron chi connectivity index (χ4n) is 1.48. The summed E-state index contributed by atoms with van der Waals surface area (Å²) >= 11 is 0. The lowest BCUT2D eigenvalue weighted by molar-refractivity contribution is -0.671. The van der Waals surface area contributed by atoms with E-state index in [1.165, 1.54) is 0 Å². The van der Waals surface area contributed by atoms with Gasteiger partial charge in [0.05, 0.1) is 13.2 Å². The Bertz CT molecular complexity index is 288. The zero-order valence-corrected chi connectivity index (χ0v) is 7.99. The van der Waals surface area contributed by atoms with Crippen LogP contribution in [0.5, 0.6) is 0 Å². The molecular formula is C10H14NO2+. The Kier molecular flexibility index (Phi) is 2.06. The molecule has 70 valence electrons. The van der Waals surface area contributed by atoms with E-state index in [4.69, 9.17) is 9.47 Å². The van der Waals surface area contributed by atoms with Crippen LogP contribution < -0.4 is 4.57 Å². The van der Waals surface area contributed by atoms with Crippen LogP contribution in [0.2, 0.25) is 0 Å². The molecule has 0 unspecified atom stereocenters. The maximum absolute atomic E-state index is 5.53. The highest BCUT2D eigenvalue weighted by molar-refractivity contribution is 5.14. The number of hydrogen-bond acceptors (Lipinski definition) is 2. The van der Waals surface area contributed by atoms with Crippen LogP contribution in [0.1, 0.15) is 12.5 Å². The molecule has 0 saturated carbocycles. The van der Waals surface area contributed by atoms with E-state index < -0.39 is 5.79 Å². The number of hydrogen-bond donors (Lipinski definition) is 0. The first-order chi connectivity index (χ1) is 6.21. The normalized spacial score (nSPS) is 20.5. The number of nitrogens with zero attached hydrogens (tertiary/aromatic N) is 1. The van der Waals surface area contributed by atoms with Crippen molar-refractivity contribution < 1.29 is 14.0 Å². The minimum Gasteiger partial charge on any atom is -0.344 e. The predicted octanol–water partition coefficient (Wildman–Crippen LogP) is 0.731. The Morgan fingerprint density at radius 2 is 1.77 bits per heavy atom. The molecule has 0 spiro atoms. The fourth-order valence-corrected chi connectivity index (χ4v) is 1.48. The van der Waals surface area contributed by atoms with Gasteiger partial charge in [0.1, 0.15) is 7.05 Å². The van der Waals surface area contributed by atoms with Gasteiger partial charge in [0.25, 0.3) is 0 Å². The van der Waals surface area contributed by atoms with Crippen molar-refractivity contribution >= 4 is 0 Å². The third-order valence-corrected chi connectivity index (χ3v) is 2.34. The molecule has 3 heteroatoms. The molecule has 3 nitrogen and oxygen atoms in total. The van der Waals surface area contributed by atoms with Crippen LogP contribution in [0.25, 0.3) is 0 Å². The summed E-state index contributed by atoms with van der Waals surface area (Å²) in [6, 6.07) is 4.04. The fraction of sp³-hybridized carbons (Fsp3) is 0.500. The summed E-state index contributed by atoms with van der Waals surface area (Å²) in [4.78, 5) is 0. The highest BCUT2D eigenvalue weighted by atomic mass is 16.7. The van der Waals surface area contributed by atoms with E-state index in [9.17, 15) is 0 Å². The summed E-state index contributed by atoms with van der Waals surface area (Å²) in [5, 5.41) is 0. The van der Waals surface area contributed by atoms with Crippen molar-refractivity contribution in [2.45, 2.75) is 12.7 Å². The molecule has 13 heavy (non-hydrogen) atoms. The van der Waals surface area contributed by atoms with Gasteiger partial charge in [0, 0.05) is 17.7 Å². The molecule has 1 aliphatic heterocycles. The third-order valence-electron chi connectivity index (χ3n) is 2.34. The van der Waals surface area contributed by atoms with Crippen molar-refractivity contribution in [1.82, 2.24) is 0 Å². The van der Waals surface area contributed by atoms with E-state index in [0.717, 1.165) is 5.56 Å². The monoisotopic (exact) mass is 180 g/mol. The second-order valence-electron chi connectivity index (χ2n) is 3.39. The van der Waals surface area contributed by atoms with Crippen molar-refractivity contribution in [3.05, 3.63) is 30.1 Å².